The van der Waals surface area contributed by atoms with E-state index in [-0.39, 0.29) is 33.0 Å². The van der Waals surface area contributed by atoms with Crippen LogP contribution in [0, 0.1) is 0 Å². The Labute approximate surface area is 293 Å². The summed E-state index contributed by atoms with van der Waals surface area (Å²) in [6.45, 7) is 13.7. The molecule has 0 amide bonds. The summed E-state index contributed by atoms with van der Waals surface area (Å²) in [6, 6.07) is 0. The fraction of sp³-hybridized carbons (Fsp3) is 1.00. The van der Waals surface area contributed by atoms with E-state index in [0.717, 1.165) is 58.0 Å². The predicted molar refractivity (Wildman–Crippen MR) is 189 cm³/mol. The van der Waals surface area contributed by atoms with Crippen molar-refractivity contribution in [2.45, 2.75) is 123 Å². The lowest BCUT2D eigenvalue weighted by Crippen LogP contribution is -2.60. The molecule has 4 N–H and O–H groups in total. The Balaban J connectivity index is 0. The number of hydrogen-bond donors (Lipinski definition) is 4. The monoisotopic (exact) mass is 701 g/mol. The summed E-state index contributed by atoms with van der Waals surface area (Å²) < 4.78 is 44.2. The molecule has 0 saturated heterocycles. The molecule has 2 atom stereocenters. The lowest BCUT2D eigenvalue weighted by molar-refractivity contribution is -0.226. The molecule has 12 nitrogen and oxygen atoms in total. The van der Waals surface area contributed by atoms with Gasteiger partial charge in [-0.05, 0) is 25.7 Å². The third kappa shape index (κ3) is 31.5. The number of aliphatic hydroxyl groups excluding tert-OH is 3. The van der Waals surface area contributed by atoms with E-state index in [0.29, 0.717) is 59.5 Å². The van der Waals surface area contributed by atoms with Crippen LogP contribution in [0.2, 0.25) is 0 Å². The van der Waals surface area contributed by atoms with Gasteiger partial charge in [-0.15, -0.1) is 0 Å². The normalized spacial score (nSPS) is 14.0. The smallest absolute Gasteiger partial charge is 0.144 e. The molecule has 0 aromatic rings. The Morgan fingerprint density at radius 3 is 1.12 bits per heavy atom. The highest BCUT2D eigenvalue weighted by Gasteiger charge is 2.46. The van der Waals surface area contributed by atoms with Gasteiger partial charge >= 0.3 is 0 Å². The lowest BCUT2D eigenvalue weighted by atomic mass is 9.91. The first-order valence-electron chi connectivity index (χ1n) is 18.8. The molecule has 0 fully saturated rings. The molecule has 48 heavy (non-hydrogen) atoms. The molecule has 0 spiro atoms. The van der Waals surface area contributed by atoms with Gasteiger partial charge in [0, 0.05) is 26.4 Å². The molecule has 0 heterocycles. The zero-order valence-corrected chi connectivity index (χ0v) is 31.2. The molecule has 0 aliphatic rings. The van der Waals surface area contributed by atoms with Gasteiger partial charge < -0.3 is 58.3 Å². The van der Waals surface area contributed by atoms with Crippen LogP contribution in [-0.2, 0) is 37.9 Å². The van der Waals surface area contributed by atoms with Crippen molar-refractivity contribution in [3.05, 3.63) is 0 Å². The Morgan fingerprint density at radius 1 is 0.396 bits per heavy atom. The molecule has 0 aromatic heterocycles. The molecule has 0 radical (unpaired) electrons. The second kappa shape index (κ2) is 40.9. The average molecular weight is 701 g/mol. The number of unbranched alkanes of at least 4 members (excludes halogenated alkanes) is 8. The summed E-state index contributed by atoms with van der Waals surface area (Å²) in [5.41, 5.74) is -1.77. The van der Waals surface area contributed by atoms with Crippen LogP contribution in [-0.4, -0.2) is 151 Å². The first-order chi connectivity index (χ1) is 23.5. The Morgan fingerprint density at radius 2 is 0.750 bits per heavy atom. The molecule has 0 aromatic carbocycles. The van der Waals surface area contributed by atoms with Crippen molar-refractivity contribution in [2.24, 2.45) is 0 Å². The third-order valence-electron chi connectivity index (χ3n) is 7.42. The van der Waals surface area contributed by atoms with Gasteiger partial charge in [-0.3, -0.25) is 0 Å². The summed E-state index contributed by atoms with van der Waals surface area (Å²) in [5, 5.41) is 40.0. The maximum Gasteiger partial charge on any atom is 0.144 e. The Hall–Kier alpha value is -0.480. The van der Waals surface area contributed by atoms with Gasteiger partial charge in [0.15, 0.2) is 0 Å². The van der Waals surface area contributed by atoms with E-state index >= 15 is 0 Å². The number of ether oxygens (including phenoxy) is 8. The molecule has 12 heteroatoms. The fourth-order valence-electron chi connectivity index (χ4n) is 4.40. The van der Waals surface area contributed by atoms with Crippen molar-refractivity contribution in [1.29, 1.82) is 0 Å². The van der Waals surface area contributed by atoms with Crippen LogP contribution in [0.1, 0.15) is 105 Å². The molecule has 0 rings (SSSR count). The summed E-state index contributed by atoms with van der Waals surface area (Å²) in [4.78, 5) is 0. The highest BCUT2D eigenvalue weighted by molar-refractivity contribution is 4.95. The second-order valence-corrected chi connectivity index (χ2v) is 11.7. The van der Waals surface area contributed by atoms with Gasteiger partial charge in [0.25, 0.3) is 0 Å². The Bertz CT molecular complexity index is 551. The summed E-state index contributed by atoms with van der Waals surface area (Å²) in [6.07, 6.45) is 11.2. The van der Waals surface area contributed by atoms with Crippen molar-refractivity contribution >= 4 is 0 Å². The van der Waals surface area contributed by atoms with E-state index < -0.39 is 31.0 Å². The Kier molecular flexibility index (Phi) is 42.3. The van der Waals surface area contributed by atoms with Gasteiger partial charge in [-0.2, -0.15) is 0 Å². The van der Waals surface area contributed by atoms with Crippen molar-refractivity contribution in [3.63, 3.8) is 0 Å². The molecule has 2 unspecified atom stereocenters. The summed E-state index contributed by atoms with van der Waals surface area (Å²) >= 11 is 0. The van der Waals surface area contributed by atoms with Gasteiger partial charge in [0.05, 0.1) is 85.9 Å². The predicted octanol–water partition coefficient (Wildman–Crippen LogP) is 4.31. The van der Waals surface area contributed by atoms with E-state index in [1.165, 1.54) is 25.7 Å². The largest absolute Gasteiger partial charge is 0.394 e. The fourth-order valence-corrected chi connectivity index (χ4v) is 4.40. The van der Waals surface area contributed by atoms with Gasteiger partial charge in [0.1, 0.15) is 17.8 Å². The van der Waals surface area contributed by atoms with Crippen molar-refractivity contribution < 1.29 is 58.3 Å². The van der Waals surface area contributed by atoms with Gasteiger partial charge in [-0.1, -0.05) is 79.1 Å². The highest BCUT2D eigenvalue weighted by Crippen LogP contribution is 2.23. The zero-order chi connectivity index (χ0) is 35.8. The van der Waals surface area contributed by atoms with E-state index in [2.05, 4.69) is 27.7 Å². The molecular weight excluding hydrogens is 624 g/mol. The minimum atomic E-state index is -1.77. The lowest BCUT2D eigenvalue weighted by Gasteiger charge is -2.40. The third-order valence-corrected chi connectivity index (χ3v) is 7.42. The number of hydrogen-bond acceptors (Lipinski definition) is 12. The van der Waals surface area contributed by atoms with Crippen LogP contribution in [0.15, 0.2) is 0 Å². The van der Waals surface area contributed by atoms with Gasteiger partial charge in [0.2, 0.25) is 0 Å². The zero-order valence-electron chi connectivity index (χ0n) is 31.2. The quantitative estimate of drug-likeness (QED) is 0.0679. The van der Waals surface area contributed by atoms with E-state index in [1.54, 1.807) is 0 Å². The molecular formula is C36H76O12. The molecule has 292 valence electrons. The average Bonchev–Trinajstić information content (AvgIpc) is 3.10. The van der Waals surface area contributed by atoms with Crippen LogP contribution in [0.4, 0.5) is 0 Å². The van der Waals surface area contributed by atoms with E-state index in [9.17, 15) is 15.3 Å². The molecule has 0 aliphatic heterocycles. The maximum absolute atomic E-state index is 11.6. The SMILES string of the molecule is CCCCCCOCCOC(CO)C(O)(COCCOCCCC)C(CO)OCCOCCCCCC.CCCCOCCOCCO. The maximum atomic E-state index is 11.6. The number of rotatable bonds is 38. The van der Waals surface area contributed by atoms with Crippen molar-refractivity contribution in [1.82, 2.24) is 0 Å². The first kappa shape index (κ1) is 49.6. The van der Waals surface area contributed by atoms with Crippen LogP contribution in [0.3, 0.4) is 0 Å². The summed E-state index contributed by atoms with van der Waals surface area (Å²) in [5.74, 6) is 0. The van der Waals surface area contributed by atoms with E-state index in [1.807, 2.05) is 0 Å². The highest BCUT2D eigenvalue weighted by atomic mass is 16.6. The van der Waals surface area contributed by atoms with Gasteiger partial charge in [-0.25, -0.2) is 0 Å². The van der Waals surface area contributed by atoms with Crippen LogP contribution >= 0.6 is 0 Å². The van der Waals surface area contributed by atoms with Crippen LogP contribution < -0.4 is 0 Å². The van der Waals surface area contributed by atoms with E-state index in [4.69, 9.17) is 43.0 Å². The molecule has 0 saturated carbocycles. The standard InChI is InChI=1S/C28H58O9.C8H18O3/c1-4-7-10-12-15-33-19-21-36-26(23-29)28(31,25-35-18-17-32-14-9-6-3)27(24-30)37-22-20-34-16-13-11-8-5-2;1-2-3-5-10-7-8-11-6-4-9/h26-27,29-31H,4-25H2,1-3H3;9H,2-8H2,1H3. The van der Waals surface area contributed by atoms with Crippen LogP contribution in [0.25, 0.3) is 0 Å². The molecule has 0 bridgehead atoms. The molecule has 0 aliphatic carbocycles. The topological polar surface area (TPSA) is 155 Å². The van der Waals surface area contributed by atoms with Crippen LogP contribution in [0.5, 0.6) is 0 Å². The second-order valence-electron chi connectivity index (χ2n) is 11.7. The minimum Gasteiger partial charge on any atom is -0.394 e. The minimum absolute atomic E-state index is 0.0922. The first-order valence-corrected chi connectivity index (χ1v) is 18.8. The summed E-state index contributed by atoms with van der Waals surface area (Å²) in [7, 11) is 0. The number of aliphatic hydroxyl groups is 4. The van der Waals surface area contributed by atoms with Crippen molar-refractivity contribution in [2.75, 3.05) is 112 Å². The van der Waals surface area contributed by atoms with Crippen molar-refractivity contribution in [3.8, 4) is 0 Å².